The Hall–Kier alpha value is -0.780. The normalized spacial score (nSPS) is 21.6. The van der Waals surface area contributed by atoms with Crippen LogP contribution in [0, 0.1) is 0 Å². The molecule has 0 bridgehead atoms. The van der Waals surface area contributed by atoms with Crippen LogP contribution in [0.15, 0.2) is 27.8 Å². The maximum Gasteiger partial charge on any atom is 0.156 e. The molecule has 0 amide bonds. The molecule has 0 aliphatic carbocycles. The summed E-state index contributed by atoms with van der Waals surface area (Å²) in [6.45, 7) is 1.65. The summed E-state index contributed by atoms with van der Waals surface area (Å²) in [6, 6.07) is 5.87. The molecule has 19 heavy (non-hydrogen) atoms. The van der Waals surface area contributed by atoms with E-state index in [1.54, 1.807) is 0 Å². The van der Waals surface area contributed by atoms with E-state index in [0.29, 0.717) is 6.54 Å². The van der Waals surface area contributed by atoms with Gasteiger partial charge in [-0.25, -0.2) is 0 Å². The van der Waals surface area contributed by atoms with E-state index in [2.05, 4.69) is 26.0 Å². The van der Waals surface area contributed by atoms with Crippen LogP contribution in [0.1, 0.15) is 24.8 Å². The van der Waals surface area contributed by atoms with Gasteiger partial charge in [0.1, 0.15) is 0 Å². The minimum absolute atomic E-state index is 0.00142. The van der Waals surface area contributed by atoms with E-state index in [1.807, 2.05) is 18.2 Å². The Kier molecular flexibility index (Phi) is 5.07. The Morgan fingerprint density at radius 2 is 2.32 bits per heavy atom. The molecule has 104 valence electrons. The molecule has 1 atom stereocenters. The summed E-state index contributed by atoms with van der Waals surface area (Å²) in [6.07, 6.45) is 3.15. The molecule has 1 saturated heterocycles. The average molecular weight is 347 g/mol. The molecule has 4 nitrogen and oxygen atoms in total. The number of halogens is 2. The Bertz CT molecular complexity index is 481. The standard InChI is InChI=1S/C13H17BrClN3O/c14-10-5-4-9(11(15)7-10)8-18-6-2-1-3-12(18)13(16)17-19/h4-5,7,12,19H,1-3,6,8H2,(H2,16,17). The third-order valence-corrected chi connectivity index (χ3v) is 4.30. The molecule has 1 aliphatic rings. The van der Waals surface area contributed by atoms with E-state index in [4.69, 9.17) is 22.5 Å². The highest BCUT2D eigenvalue weighted by atomic mass is 79.9. The van der Waals surface area contributed by atoms with Crippen molar-refractivity contribution in [1.82, 2.24) is 4.90 Å². The quantitative estimate of drug-likeness (QED) is 0.382. The maximum atomic E-state index is 8.87. The highest BCUT2D eigenvalue weighted by Crippen LogP contribution is 2.25. The van der Waals surface area contributed by atoms with Gasteiger partial charge in [-0.05, 0) is 37.1 Å². The zero-order valence-corrected chi connectivity index (χ0v) is 12.9. The van der Waals surface area contributed by atoms with Crippen LogP contribution in [0.4, 0.5) is 0 Å². The van der Waals surface area contributed by atoms with Crippen LogP contribution in [0.2, 0.25) is 5.02 Å². The second-order valence-electron chi connectivity index (χ2n) is 4.74. The van der Waals surface area contributed by atoms with Crippen LogP contribution in [0.3, 0.4) is 0 Å². The van der Waals surface area contributed by atoms with Crippen LogP contribution < -0.4 is 5.73 Å². The topological polar surface area (TPSA) is 61.9 Å². The van der Waals surface area contributed by atoms with Crippen LogP contribution in [-0.2, 0) is 6.54 Å². The predicted molar refractivity (Wildman–Crippen MR) is 80.6 cm³/mol. The monoisotopic (exact) mass is 345 g/mol. The van der Waals surface area contributed by atoms with E-state index >= 15 is 0 Å². The lowest BCUT2D eigenvalue weighted by atomic mass is 10.0. The van der Waals surface area contributed by atoms with Gasteiger partial charge in [0.05, 0.1) is 6.04 Å². The molecule has 1 aromatic rings. The molecule has 1 unspecified atom stereocenters. The fourth-order valence-corrected chi connectivity index (χ4v) is 3.18. The fourth-order valence-electron chi connectivity index (χ4n) is 2.45. The highest BCUT2D eigenvalue weighted by Gasteiger charge is 2.26. The Morgan fingerprint density at radius 1 is 1.53 bits per heavy atom. The smallest absolute Gasteiger partial charge is 0.156 e. The zero-order chi connectivity index (χ0) is 13.8. The lowest BCUT2D eigenvalue weighted by Crippen LogP contribution is -2.47. The Balaban J connectivity index is 2.15. The third-order valence-electron chi connectivity index (χ3n) is 3.46. The van der Waals surface area contributed by atoms with Crippen molar-refractivity contribution < 1.29 is 5.21 Å². The van der Waals surface area contributed by atoms with Gasteiger partial charge in [-0.2, -0.15) is 0 Å². The first-order chi connectivity index (χ1) is 9.11. The number of benzene rings is 1. The van der Waals surface area contributed by atoms with Crippen molar-refractivity contribution in [1.29, 1.82) is 0 Å². The maximum absolute atomic E-state index is 8.87. The molecule has 0 aromatic heterocycles. The molecule has 1 heterocycles. The largest absolute Gasteiger partial charge is 0.409 e. The van der Waals surface area contributed by atoms with Crippen molar-refractivity contribution in [2.45, 2.75) is 31.8 Å². The molecule has 0 radical (unpaired) electrons. The van der Waals surface area contributed by atoms with Crippen molar-refractivity contribution >= 4 is 33.4 Å². The van der Waals surface area contributed by atoms with Gasteiger partial charge in [-0.15, -0.1) is 0 Å². The summed E-state index contributed by atoms with van der Waals surface area (Å²) in [5, 5.41) is 12.8. The minimum atomic E-state index is -0.00142. The molecule has 2 rings (SSSR count). The van der Waals surface area contributed by atoms with Gasteiger partial charge in [-0.3, -0.25) is 4.90 Å². The molecule has 6 heteroatoms. The van der Waals surface area contributed by atoms with Crippen LogP contribution >= 0.6 is 27.5 Å². The number of nitrogens with two attached hydrogens (primary N) is 1. The average Bonchev–Trinajstić information content (AvgIpc) is 2.41. The Morgan fingerprint density at radius 3 is 3.00 bits per heavy atom. The molecule has 0 saturated carbocycles. The lowest BCUT2D eigenvalue weighted by Gasteiger charge is -2.34. The molecule has 1 aromatic carbocycles. The second kappa shape index (κ2) is 6.59. The van der Waals surface area contributed by atoms with Crippen molar-refractivity contribution in [3.63, 3.8) is 0 Å². The number of oxime groups is 1. The summed E-state index contributed by atoms with van der Waals surface area (Å²) < 4.78 is 0.966. The molecular formula is C13H17BrClN3O. The molecular weight excluding hydrogens is 330 g/mol. The minimum Gasteiger partial charge on any atom is -0.409 e. The number of amidine groups is 1. The predicted octanol–water partition coefficient (Wildman–Crippen LogP) is 3.20. The van der Waals surface area contributed by atoms with Gasteiger partial charge in [0.2, 0.25) is 0 Å². The first kappa shape index (κ1) is 14.6. The van der Waals surface area contributed by atoms with Crippen LogP contribution in [-0.4, -0.2) is 28.5 Å². The van der Waals surface area contributed by atoms with Gasteiger partial charge >= 0.3 is 0 Å². The number of likely N-dealkylation sites (tertiary alicyclic amines) is 1. The van der Waals surface area contributed by atoms with E-state index in [-0.39, 0.29) is 11.9 Å². The van der Waals surface area contributed by atoms with Crippen molar-refractivity contribution in [3.05, 3.63) is 33.3 Å². The van der Waals surface area contributed by atoms with E-state index in [0.717, 1.165) is 40.9 Å². The van der Waals surface area contributed by atoms with Crippen molar-refractivity contribution in [3.8, 4) is 0 Å². The molecule has 1 aliphatic heterocycles. The summed E-state index contributed by atoms with van der Waals surface area (Å²) in [5.74, 6) is 0.285. The van der Waals surface area contributed by atoms with Gasteiger partial charge in [0.15, 0.2) is 5.84 Å². The van der Waals surface area contributed by atoms with Gasteiger partial charge in [0.25, 0.3) is 0 Å². The summed E-state index contributed by atoms with van der Waals surface area (Å²) in [7, 11) is 0. The first-order valence-electron chi connectivity index (χ1n) is 6.27. The number of hydrogen-bond donors (Lipinski definition) is 2. The van der Waals surface area contributed by atoms with Crippen LogP contribution in [0.5, 0.6) is 0 Å². The van der Waals surface area contributed by atoms with E-state index in [9.17, 15) is 0 Å². The summed E-state index contributed by atoms with van der Waals surface area (Å²) in [4.78, 5) is 2.22. The molecule has 3 N–H and O–H groups in total. The molecule has 0 spiro atoms. The fraction of sp³-hybridized carbons (Fsp3) is 0.462. The third kappa shape index (κ3) is 3.61. The van der Waals surface area contributed by atoms with Gasteiger partial charge in [-0.1, -0.05) is 45.2 Å². The number of nitrogens with zero attached hydrogens (tertiary/aromatic N) is 2. The molecule has 1 fully saturated rings. The van der Waals surface area contributed by atoms with E-state index < -0.39 is 0 Å². The van der Waals surface area contributed by atoms with E-state index in [1.165, 1.54) is 0 Å². The number of hydrogen-bond acceptors (Lipinski definition) is 3. The number of rotatable bonds is 3. The van der Waals surface area contributed by atoms with Crippen LogP contribution in [0.25, 0.3) is 0 Å². The summed E-state index contributed by atoms with van der Waals surface area (Å²) in [5.41, 5.74) is 6.83. The van der Waals surface area contributed by atoms with Crippen molar-refractivity contribution in [2.24, 2.45) is 10.9 Å². The van der Waals surface area contributed by atoms with Crippen molar-refractivity contribution in [2.75, 3.05) is 6.54 Å². The summed E-state index contributed by atoms with van der Waals surface area (Å²) >= 11 is 9.64. The van der Waals surface area contributed by atoms with Gasteiger partial charge < -0.3 is 10.9 Å². The van der Waals surface area contributed by atoms with Gasteiger partial charge in [0, 0.05) is 16.0 Å². The zero-order valence-electron chi connectivity index (χ0n) is 10.5. The lowest BCUT2D eigenvalue weighted by molar-refractivity contribution is 0.178. The second-order valence-corrected chi connectivity index (χ2v) is 6.07. The first-order valence-corrected chi connectivity index (χ1v) is 7.44. The highest BCUT2D eigenvalue weighted by molar-refractivity contribution is 9.10. The SMILES string of the molecule is N/C(=N/O)C1CCCCN1Cc1ccc(Br)cc1Cl. The Labute approximate surface area is 126 Å². The number of piperidine rings is 1.